The van der Waals surface area contributed by atoms with E-state index in [2.05, 4.69) is 46.3 Å². The van der Waals surface area contributed by atoms with E-state index in [9.17, 15) is 9.59 Å². The van der Waals surface area contributed by atoms with Crippen LogP contribution in [0.1, 0.15) is 11.1 Å². The first kappa shape index (κ1) is 19.1. The van der Waals surface area contributed by atoms with Gasteiger partial charge in [0.15, 0.2) is 0 Å². The van der Waals surface area contributed by atoms with Crippen LogP contribution in [-0.2, 0) is 11.3 Å². The Balaban J connectivity index is 1.59. The molecule has 1 heterocycles. The molecule has 4 aromatic rings. The molecule has 0 atom stereocenters. The first-order valence-electron chi connectivity index (χ1n) is 9.50. The third-order valence-corrected chi connectivity index (χ3v) is 6.59. The van der Waals surface area contributed by atoms with Gasteiger partial charge in [-0.3, -0.25) is 14.5 Å². The number of carbonyl (C=O) groups is 2. The molecule has 30 heavy (non-hydrogen) atoms. The van der Waals surface area contributed by atoms with Gasteiger partial charge >= 0.3 is 0 Å². The fraction of sp³-hybridized carbons (Fsp3) is 0.0400. The number of fused-ring (bicyclic) bond motifs is 2. The summed E-state index contributed by atoms with van der Waals surface area (Å²) < 4.78 is 0.921. The van der Waals surface area contributed by atoms with Crippen molar-refractivity contribution in [2.24, 2.45) is 0 Å². The highest BCUT2D eigenvalue weighted by atomic mass is 79.9. The summed E-state index contributed by atoms with van der Waals surface area (Å²) in [6.45, 7) is 0.262. The number of carbonyl (C=O) groups excluding carboxylic acids is 2. The summed E-state index contributed by atoms with van der Waals surface area (Å²) in [5.74, 6) is -0.248. The number of thioether (sulfide) groups is 1. The smallest absolute Gasteiger partial charge is 0.268 e. The highest BCUT2D eigenvalue weighted by molar-refractivity contribution is 9.10. The van der Waals surface area contributed by atoms with Crippen LogP contribution in [0.5, 0.6) is 0 Å². The third-order valence-electron chi connectivity index (χ3n) is 5.19. The number of benzene rings is 4. The molecule has 0 aliphatic carbocycles. The minimum atomic E-state index is -0.248. The molecule has 0 saturated carbocycles. The van der Waals surface area contributed by atoms with Gasteiger partial charge in [0.05, 0.1) is 11.4 Å². The number of rotatable bonds is 3. The van der Waals surface area contributed by atoms with Crippen molar-refractivity contribution in [1.82, 2.24) is 4.90 Å². The van der Waals surface area contributed by atoms with Gasteiger partial charge in [-0.25, -0.2) is 0 Å². The zero-order valence-corrected chi connectivity index (χ0v) is 18.2. The second-order valence-electron chi connectivity index (χ2n) is 7.13. The summed E-state index contributed by atoms with van der Waals surface area (Å²) in [7, 11) is 0. The fourth-order valence-electron chi connectivity index (χ4n) is 3.79. The van der Waals surface area contributed by atoms with Crippen molar-refractivity contribution >= 4 is 66.5 Å². The topological polar surface area (TPSA) is 37.4 Å². The van der Waals surface area contributed by atoms with Gasteiger partial charge in [0, 0.05) is 4.47 Å². The molecule has 146 valence electrons. The molecule has 5 heteroatoms. The second kappa shape index (κ2) is 7.74. The van der Waals surface area contributed by atoms with Gasteiger partial charge in [-0.1, -0.05) is 76.6 Å². The first-order chi connectivity index (χ1) is 14.6. The Morgan fingerprint density at radius 1 is 0.833 bits per heavy atom. The molecule has 0 unspecified atom stereocenters. The quantitative estimate of drug-likeness (QED) is 0.237. The van der Waals surface area contributed by atoms with Gasteiger partial charge in [0.2, 0.25) is 0 Å². The lowest BCUT2D eigenvalue weighted by Crippen LogP contribution is -2.27. The Morgan fingerprint density at radius 3 is 2.17 bits per heavy atom. The molecule has 0 spiro atoms. The number of hydrogen-bond acceptors (Lipinski definition) is 3. The van der Waals surface area contributed by atoms with Crippen LogP contribution in [-0.4, -0.2) is 16.0 Å². The third kappa shape index (κ3) is 3.44. The van der Waals surface area contributed by atoms with Crippen LogP contribution in [0, 0.1) is 0 Å². The Labute approximate surface area is 186 Å². The van der Waals surface area contributed by atoms with Crippen molar-refractivity contribution in [2.45, 2.75) is 6.54 Å². The summed E-state index contributed by atoms with van der Waals surface area (Å²) in [6, 6.07) is 26.1. The summed E-state index contributed by atoms with van der Waals surface area (Å²) in [5.41, 5.74) is 1.88. The average molecular weight is 474 g/mol. The normalized spacial score (nSPS) is 15.6. The number of halogens is 1. The van der Waals surface area contributed by atoms with E-state index in [4.69, 9.17) is 0 Å². The molecular weight excluding hydrogens is 458 g/mol. The number of amides is 2. The van der Waals surface area contributed by atoms with Gasteiger partial charge in [0.25, 0.3) is 11.1 Å². The molecule has 1 aliphatic heterocycles. The van der Waals surface area contributed by atoms with E-state index in [1.165, 1.54) is 4.90 Å². The van der Waals surface area contributed by atoms with Crippen molar-refractivity contribution < 1.29 is 9.59 Å². The predicted octanol–water partition coefficient (Wildman–Crippen LogP) is 6.99. The van der Waals surface area contributed by atoms with E-state index in [1.807, 2.05) is 54.6 Å². The van der Waals surface area contributed by atoms with Crippen molar-refractivity contribution in [3.05, 3.63) is 99.4 Å². The molecule has 0 bridgehead atoms. The highest BCUT2D eigenvalue weighted by Crippen LogP contribution is 2.37. The molecule has 4 aromatic carbocycles. The lowest BCUT2D eigenvalue weighted by Gasteiger charge is -2.13. The van der Waals surface area contributed by atoms with Crippen LogP contribution in [0.15, 0.2) is 88.2 Å². The largest absolute Gasteiger partial charge is 0.293 e. The van der Waals surface area contributed by atoms with Crippen molar-refractivity contribution in [1.29, 1.82) is 0 Å². The molecule has 0 aromatic heterocycles. The van der Waals surface area contributed by atoms with Crippen LogP contribution >= 0.6 is 27.7 Å². The maximum atomic E-state index is 13.1. The molecule has 0 N–H and O–H groups in total. The first-order valence-corrected chi connectivity index (χ1v) is 11.1. The van der Waals surface area contributed by atoms with Gasteiger partial charge < -0.3 is 0 Å². The minimum absolute atomic E-state index is 0.240. The number of hydrogen-bond donors (Lipinski definition) is 0. The van der Waals surface area contributed by atoms with E-state index >= 15 is 0 Å². The van der Waals surface area contributed by atoms with Crippen LogP contribution in [0.25, 0.3) is 27.6 Å². The molecule has 1 fully saturated rings. The summed E-state index contributed by atoms with van der Waals surface area (Å²) >= 11 is 4.44. The van der Waals surface area contributed by atoms with Gasteiger partial charge in [-0.15, -0.1) is 0 Å². The summed E-state index contributed by atoms with van der Waals surface area (Å²) in [5, 5.41) is 4.10. The monoisotopic (exact) mass is 473 g/mol. The van der Waals surface area contributed by atoms with E-state index in [0.717, 1.165) is 48.9 Å². The molecule has 3 nitrogen and oxygen atoms in total. The van der Waals surface area contributed by atoms with E-state index < -0.39 is 0 Å². The van der Waals surface area contributed by atoms with Gasteiger partial charge in [-0.05, 0) is 68.7 Å². The lowest BCUT2D eigenvalue weighted by molar-refractivity contribution is -0.123. The Hall–Kier alpha value is -2.89. The van der Waals surface area contributed by atoms with Crippen LogP contribution in [0.3, 0.4) is 0 Å². The van der Waals surface area contributed by atoms with Crippen LogP contribution < -0.4 is 0 Å². The van der Waals surface area contributed by atoms with Crippen LogP contribution in [0.4, 0.5) is 4.79 Å². The van der Waals surface area contributed by atoms with E-state index in [0.29, 0.717) is 4.91 Å². The van der Waals surface area contributed by atoms with Gasteiger partial charge in [-0.2, -0.15) is 0 Å². The van der Waals surface area contributed by atoms with Crippen molar-refractivity contribution in [2.75, 3.05) is 0 Å². The SMILES string of the molecule is O=C1S/C(=C/c2c3ccccc3cc3ccccc23)C(=O)N1Cc1cccc(Br)c1. The Kier molecular flexibility index (Phi) is 4.93. The summed E-state index contributed by atoms with van der Waals surface area (Å²) in [4.78, 5) is 27.5. The Morgan fingerprint density at radius 2 is 1.50 bits per heavy atom. The van der Waals surface area contributed by atoms with E-state index in [1.54, 1.807) is 0 Å². The highest BCUT2D eigenvalue weighted by Gasteiger charge is 2.35. The molecule has 5 rings (SSSR count). The number of nitrogens with zero attached hydrogens (tertiary/aromatic N) is 1. The molecular formula is C25H16BrNO2S. The minimum Gasteiger partial charge on any atom is -0.268 e. The predicted molar refractivity (Wildman–Crippen MR) is 127 cm³/mol. The fourth-order valence-corrected chi connectivity index (χ4v) is 5.06. The average Bonchev–Trinajstić information content (AvgIpc) is 3.01. The molecule has 1 aliphatic rings. The maximum absolute atomic E-state index is 13.1. The standard InChI is InChI=1S/C25H16BrNO2S/c26-19-9-5-6-16(12-19)15-27-24(28)23(30-25(27)29)14-22-20-10-3-1-7-17(20)13-18-8-2-4-11-21(18)22/h1-14H,15H2/b23-14+. The van der Waals surface area contributed by atoms with Gasteiger partial charge in [0.1, 0.15) is 0 Å². The van der Waals surface area contributed by atoms with Crippen molar-refractivity contribution in [3.8, 4) is 0 Å². The zero-order chi connectivity index (χ0) is 20.7. The molecule has 2 amide bonds. The lowest BCUT2D eigenvalue weighted by atomic mass is 9.96. The van der Waals surface area contributed by atoms with Crippen LogP contribution in [0.2, 0.25) is 0 Å². The maximum Gasteiger partial charge on any atom is 0.293 e. The second-order valence-corrected chi connectivity index (χ2v) is 9.04. The zero-order valence-electron chi connectivity index (χ0n) is 15.8. The Bertz CT molecular complexity index is 1310. The molecule has 0 radical (unpaired) electrons. The molecule has 1 saturated heterocycles. The summed E-state index contributed by atoms with van der Waals surface area (Å²) in [6.07, 6.45) is 1.87. The van der Waals surface area contributed by atoms with E-state index in [-0.39, 0.29) is 17.7 Å². The van der Waals surface area contributed by atoms with Crippen molar-refractivity contribution in [3.63, 3.8) is 0 Å². The number of imide groups is 1.